The fraction of sp³-hybridized carbons (Fsp3) is 0.393. The second-order valence-corrected chi connectivity index (χ2v) is 9.87. The third kappa shape index (κ3) is 6.56. The van der Waals surface area contributed by atoms with Crippen molar-refractivity contribution < 1.29 is 13.9 Å². The Balaban J connectivity index is 2.18. The average molecular weight is 492 g/mol. The van der Waals surface area contributed by atoms with Crippen molar-refractivity contribution >= 4 is 5.91 Å². The van der Waals surface area contributed by atoms with Gasteiger partial charge in [0, 0.05) is 32.0 Å². The second kappa shape index (κ2) is 11.9. The van der Waals surface area contributed by atoms with E-state index >= 15 is 0 Å². The Morgan fingerprint density at radius 1 is 1.19 bits per heavy atom. The lowest BCUT2D eigenvalue weighted by atomic mass is 9.84. The number of ether oxygens (including phenoxy) is 1. The van der Waals surface area contributed by atoms with Crippen LogP contribution in [0.25, 0.3) is 11.3 Å². The van der Waals surface area contributed by atoms with Crippen LogP contribution in [0, 0.1) is 16.7 Å². The lowest BCUT2D eigenvalue weighted by molar-refractivity contribution is -0.141. The fourth-order valence-corrected chi connectivity index (χ4v) is 4.25. The molecule has 0 aliphatic heterocycles. The van der Waals surface area contributed by atoms with Gasteiger partial charge in [-0.15, -0.1) is 0 Å². The number of carbonyl (C=O) groups is 1. The van der Waals surface area contributed by atoms with Crippen molar-refractivity contribution in [3.8, 4) is 17.3 Å². The van der Waals surface area contributed by atoms with Gasteiger partial charge in [-0.25, -0.2) is 9.37 Å². The van der Waals surface area contributed by atoms with E-state index in [2.05, 4.69) is 6.07 Å². The van der Waals surface area contributed by atoms with Crippen molar-refractivity contribution in [1.82, 2.24) is 14.5 Å². The van der Waals surface area contributed by atoms with Gasteiger partial charge in [-0.05, 0) is 23.1 Å². The zero-order valence-corrected chi connectivity index (χ0v) is 21.3. The highest BCUT2D eigenvalue weighted by atomic mass is 19.1. The Morgan fingerprint density at radius 2 is 1.86 bits per heavy atom. The standard InChI is InChI=1S/C28H34FN5O2/c1-28(2,3)26(34(17-23(29)15-31)25(35)19-36-4)27-32-24(22-12-10-20(14-30)11-13-22)18-33(27)16-21-8-6-5-7-9-21/h5-13,18,23,26H,15-17,19,31H2,1-4H3/t23?,26-/m0/s1. The zero-order chi connectivity index (χ0) is 26.3. The summed E-state index contributed by atoms with van der Waals surface area (Å²) in [5.74, 6) is 0.307. The van der Waals surface area contributed by atoms with E-state index in [9.17, 15) is 9.18 Å². The predicted molar refractivity (Wildman–Crippen MR) is 138 cm³/mol. The summed E-state index contributed by atoms with van der Waals surface area (Å²) in [4.78, 5) is 19.7. The summed E-state index contributed by atoms with van der Waals surface area (Å²) >= 11 is 0. The van der Waals surface area contributed by atoms with E-state index in [1.807, 2.05) is 74.0 Å². The molecule has 190 valence electrons. The molecule has 0 radical (unpaired) electrons. The van der Waals surface area contributed by atoms with Crippen molar-refractivity contribution in [3.63, 3.8) is 0 Å². The number of hydrogen-bond acceptors (Lipinski definition) is 5. The van der Waals surface area contributed by atoms with Crippen LogP contribution in [0.1, 0.15) is 43.8 Å². The van der Waals surface area contributed by atoms with Crippen molar-refractivity contribution in [2.75, 3.05) is 26.8 Å². The number of rotatable bonds is 10. The van der Waals surface area contributed by atoms with Gasteiger partial charge in [0.15, 0.2) is 0 Å². The first-order valence-electron chi connectivity index (χ1n) is 11.9. The van der Waals surface area contributed by atoms with Gasteiger partial charge in [-0.1, -0.05) is 63.2 Å². The predicted octanol–water partition coefficient (Wildman–Crippen LogP) is 4.33. The third-order valence-electron chi connectivity index (χ3n) is 5.93. The number of imidazole rings is 1. The molecule has 0 bridgehead atoms. The molecule has 36 heavy (non-hydrogen) atoms. The molecule has 1 amide bonds. The highest BCUT2D eigenvalue weighted by Gasteiger charge is 2.39. The number of benzene rings is 2. The van der Waals surface area contributed by atoms with E-state index in [4.69, 9.17) is 20.7 Å². The van der Waals surface area contributed by atoms with E-state index in [1.165, 1.54) is 12.0 Å². The highest BCUT2D eigenvalue weighted by Crippen LogP contribution is 2.39. The van der Waals surface area contributed by atoms with Crippen LogP contribution in [0.4, 0.5) is 4.39 Å². The van der Waals surface area contributed by atoms with Crippen LogP contribution < -0.4 is 5.73 Å². The smallest absolute Gasteiger partial charge is 0.249 e. The summed E-state index contributed by atoms with van der Waals surface area (Å²) in [5, 5.41) is 9.17. The molecule has 0 saturated heterocycles. The first-order valence-corrected chi connectivity index (χ1v) is 11.9. The Labute approximate surface area is 212 Å². The lowest BCUT2D eigenvalue weighted by Gasteiger charge is -2.40. The van der Waals surface area contributed by atoms with E-state index in [1.54, 1.807) is 12.1 Å². The molecule has 2 atom stereocenters. The molecular formula is C28H34FN5O2. The van der Waals surface area contributed by atoms with E-state index in [0.717, 1.165) is 11.1 Å². The summed E-state index contributed by atoms with van der Waals surface area (Å²) in [6.07, 6.45) is 0.559. The number of carbonyl (C=O) groups excluding carboxylic acids is 1. The Kier molecular flexibility index (Phi) is 8.97. The summed E-state index contributed by atoms with van der Waals surface area (Å²) in [7, 11) is 1.44. The minimum atomic E-state index is -1.38. The number of alkyl halides is 1. The largest absolute Gasteiger partial charge is 0.375 e. The maximum atomic E-state index is 14.6. The summed E-state index contributed by atoms with van der Waals surface area (Å²) in [5.41, 5.74) is 8.27. The Morgan fingerprint density at radius 3 is 2.42 bits per heavy atom. The minimum absolute atomic E-state index is 0.162. The quantitative estimate of drug-likeness (QED) is 0.455. The van der Waals surface area contributed by atoms with Crippen LogP contribution in [0.5, 0.6) is 0 Å². The summed E-state index contributed by atoms with van der Waals surface area (Å²) in [6, 6.07) is 18.7. The van der Waals surface area contributed by atoms with Crippen LogP contribution in [-0.2, 0) is 16.1 Å². The molecule has 3 aromatic rings. The van der Waals surface area contributed by atoms with Crippen LogP contribution in [0.15, 0.2) is 60.8 Å². The molecule has 2 N–H and O–H groups in total. The molecule has 1 heterocycles. The van der Waals surface area contributed by atoms with E-state index in [-0.39, 0.29) is 25.6 Å². The van der Waals surface area contributed by atoms with E-state index in [0.29, 0.717) is 23.6 Å². The molecule has 7 nitrogen and oxygen atoms in total. The molecule has 8 heteroatoms. The van der Waals surface area contributed by atoms with Gasteiger partial charge in [0.1, 0.15) is 18.6 Å². The Hall–Kier alpha value is -3.54. The van der Waals surface area contributed by atoms with Crippen LogP contribution >= 0.6 is 0 Å². The zero-order valence-electron chi connectivity index (χ0n) is 21.3. The van der Waals surface area contributed by atoms with Crippen molar-refractivity contribution in [2.45, 2.75) is 39.5 Å². The number of nitrogens with two attached hydrogens (primary N) is 1. The number of aromatic nitrogens is 2. The van der Waals surface area contributed by atoms with Gasteiger partial charge < -0.3 is 19.9 Å². The molecule has 1 unspecified atom stereocenters. The van der Waals surface area contributed by atoms with Gasteiger partial charge in [0.05, 0.1) is 29.9 Å². The molecule has 2 aromatic carbocycles. The van der Waals surface area contributed by atoms with Crippen LogP contribution in [0.2, 0.25) is 0 Å². The number of nitrogens with zero attached hydrogens (tertiary/aromatic N) is 4. The van der Waals surface area contributed by atoms with Crippen molar-refractivity contribution in [2.24, 2.45) is 11.1 Å². The number of halogens is 1. The molecule has 0 spiro atoms. The molecular weight excluding hydrogens is 457 g/mol. The maximum Gasteiger partial charge on any atom is 0.249 e. The monoisotopic (exact) mass is 491 g/mol. The molecule has 0 aliphatic carbocycles. The van der Waals surface area contributed by atoms with Gasteiger partial charge in [0.25, 0.3) is 0 Å². The summed E-state index contributed by atoms with van der Waals surface area (Å²) < 4.78 is 21.8. The number of methoxy groups -OCH3 is 1. The Bertz CT molecular complexity index is 1180. The normalized spacial score (nSPS) is 13.1. The highest BCUT2D eigenvalue weighted by molar-refractivity contribution is 5.78. The number of amides is 1. The van der Waals surface area contributed by atoms with Crippen LogP contribution in [0.3, 0.4) is 0 Å². The molecule has 0 fully saturated rings. The summed E-state index contributed by atoms with van der Waals surface area (Å²) in [6.45, 7) is 6.00. The van der Waals surface area contributed by atoms with Gasteiger partial charge in [0.2, 0.25) is 5.91 Å². The minimum Gasteiger partial charge on any atom is -0.375 e. The first kappa shape index (κ1) is 27.1. The number of hydrogen-bond donors (Lipinski definition) is 1. The van der Waals surface area contributed by atoms with E-state index < -0.39 is 17.6 Å². The topological polar surface area (TPSA) is 97.2 Å². The molecule has 3 rings (SSSR count). The van der Waals surface area contributed by atoms with Crippen molar-refractivity contribution in [1.29, 1.82) is 5.26 Å². The third-order valence-corrected chi connectivity index (χ3v) is 5.93. The maximum absolute atomic E-state index is 14.6. The van der Waals surface area contributed by atoms with Crippen LogP contribution in [-0.4, -0.2) is 53.3 Å². The molecule has 1 aromatic heterocycles. The van der Waals surface area contributed by atoms with Gasteiger partial charge in [-0.3, -0.25) is 4.79 Å². The fourth-order valence-electron chi connectivity index (χ4n) is 4.25. The number of nitriles is 1. The average Bonchev–Trinajstić information content (AvgIpc) is 3.26. The first-order chi connectivity index (χ1) is 17.2. The van der Waals surface area contributed by atoms with Crippen molar-refractivity contribution in [3.05, 3.63) is 77.7 Å². The van der Waals surface area contributed by atoms with Gasteiger partial charge in [-0.2, -0.15) is 5.26 Å². The SMILES string of the molecule is COCC(=O)N(CC(F)CN)[C@@H](c1nc(-c2ccc(C#N)cc2)cn1Cc1ccccc1)C(C)(C)C. The lowest BCUT2D eigenvalue weighted by Crippen LogP contribution is -2.47. The van der Waals surface area contributed by atoms with Gasteiger partial charge >= 0.3 is 0 Å². The second-order valence-electron chi connectivity index (χ2n) is 9.87. The molecule has 0 saturated carbocycles. The molecule has 0 aliphatic rings.